The summed E-state index contributed by atoms with van der Waals surface area (Å²) in [4.78, 5) is 8.64. The molecule has 100 valence electrons. The monoisotopic (exact) mass is 267 g/mol. The minimum Gasteiger partial charge on any atom is -0.478 e. The Bertz CT molecular complexity index is 402. The van der Waals surface area contributed by atoms with E-state index in [4.69, 9.17) is 4.74 Å². The fraction of sp³-hybridized carbons (Fsp3) is 0.692. The highest BCUT2D eigenvalue weighted by atomic mass is 32.2. The lowest BCUT2D eigenvalue weighted by Crippen LogP contribution is -2.40. The predicted octanol–water partition coefficient (Wildman–Crippen LogP) is 2.88. The molecule has 1 heterocycles. The van der Waals surface area contributed by atoms with Crippen LogP contribution in [0.4, 0.5) is 5.82 Å². The first-order valence-corrected chi connectivity index (χ1v) is 7.67. The van der Waals surface area contributed by atoms with E-state index >= 15 is 0 Å². The smallest absolute Gasteiger partial charge is 0.218 e. The zero-order valence-electron chi connectivity index (χ0n) is 11.3. The normalized spacial score (nSPS) is 17.1. The van der Waals surface area contributed by atoms with Crippen molar-refractivity contribution in [3.05, 3.63) is 11.9 Å². The molecule has 0 bridgehead atoms. The third-order valence-corrected chi connectivity index (χ3v) is 4.81. The van der Waals surface area contributed by atoms with Crippen molar-refractivity contribution in [3.8, 4) is 5.88 Å². The maximum absolute atomic E-state index is 5.43. The molecule has 1 aliphatic rings. The lowest BCUT2D eigenvalue weighted by molar-refractivity contribution is 0.325. The minimum absolute atomic E-state index is 0.407. The van der Waals surface area contributed by atoms with Crippen molar-refractivity contribution < 1.29 is 4.74 Å². The lowest BCUT2D eigenvalue weighted by atomic mass is 9.84. The molecule has 0 aromatic carbocycles. The van der Waals surface area contributed by atoms with Gasteiger partial charge >= 0.3 is 0 Å². The van der Waals surface area contributed by atoms with Gasteiger partial charge in [0.1, 0.15) is 11.6 Å². The molecule has 4 nitrogen and oxygen atoms in total. The molecule has 2 rings (SSSR count). The van der Waals surface area contributed by atoms with Crippen LogP contribution in [0.15, 0.2) is 6.07 Å². The Hall–Kier alpha value is -0.970. The number of rotatable bonds is 6. The molecular formula is C13H21N3OS. The van der Waals surface area contributed by atoms with Crippen molar-refractivity contribution in [2.45, 2.75) is 37.9 Å². The zero-order chi connectivity index (χ0) is 13.0. The molecule has 0 unspecified atom stereocenters. The second kappa shape index (κ2) is 5.78. The quantitative estimate of drug-likeness (QED) is 0.858. The fourth-order valence-electron chi connectivity index (χ4n) is 2.13. The summed E-state index contributed by atoms with van der Waals surface area (Å²) in [5, 5.41) is 3.43. The summed E-state index contributed by atoms with van der Waals surface area (Å²) >= 11 is 1.96. The second-order valence-corrected chi connectivity index (χ2v) is 5.94. The third kappa shape index (κ3) is 3.07. The number of aryl methyl sites for hydroxylation is 1. The number of thioether (sulfide) groups is 1. The van der Waals surface area contributed by atoms with Crippen LogP contribution in [0.2, 0.25) is 0 Å². The number of hydrogen-bond donors (Lipinski definition) is 1. The van der Waals surface area contributed by atoms with Crippen LogP contribution in [0.5, 0.6) is 5.88 Å². The minimum atomic E-state index is 0.407. The number of ether oxygens (including phenoxy) is 1. The van der Waals surface area contributed by atoms with Gasteiger partial charge in [-0.3, -0.25) is 0 Å². The van der Waals surface area contributed by atoms with E-state index in [0.717, 1.165) is 18.2 Å². The Morgan fingerprint density at radius 3 is 2.78 bits per heavy atom. The largest absolute Gasteiger partial charge is 0.478 e. The summed E-state index contributed by atoms with van der Waals surface area (Å²) in [5.74, 6) is 2.26. The first-order valence-electron chi connectivity index (χ1n) is 6.45. The summed E-state index contributed by atoms with van der Waals surface area (Å²) in [7, 11) is 0. The van der Waals surface area contributed by atoms with Gasteiger partial charge in [0, 0.05) is 17.4 Å². The number of nitrogens with one attached hydrogen (secondary N) is 1. The van der Waals surface area contributed by atoms with Gasteiger partial charge in [-0.15, -0.1) is 0 Å². The summed E-state index contributed by atoms with van der Waals surface area (Å²) in [5.41, 5.74) is 0. The van der Waals surface area contributed by atoms with Crippen molar-refractivity contribution in [2.24, 2.45) is 0 Å². The lowest BCUT2D eigenvalue weighted by Gasteiger charge is -2.40. The van der Waals surface area contributed by atoms with Crippen LogP contribution >= 0.6 is 11.8 Å². The van der Waals surface area contributed by atoms with Crippen molar-refractivity contribution in [1.29, 1.82) is 0 Å². The molecule has 0 amide bonds. The highest BCUT2D eigenvalue weighted by Crippen LogP contribution is 2.42. The highest BCUT2D eigenvalue weighted by molar-refractivity contribution is 8.00. The standard InChI is InChI=1S/C13H21N3OS/c1-4-17-12-8-11(15-10(2)16-12)14-9-13(18-3)6-5-7-13/h8H,4-7,9H2,1-3H3,(H,14,15,16). The van der Waals surface area contributed by atoms with Gasteiger partial charge in [-0.05, 0) is 32.9 Å². The van der Waals surface area contributed by atoms with E-state index in [1.54, 1.807) is 0 Å². The van der Waals surface area contributed by atoms with E-state index in [9.17, 15) is 0 Å². The van der Waals surface area contributed by atoms with E-state index in [-0.39, 0.29) is 0 Å². The summed E-state index contributed by atoms with van der Waals surface area (Å²) < 4.78 is 5.84. The molecule has 1 aliphatic carbocycles. The molecule has 0 radical (unpaired) electrons. The van der Waals surface area contributed by atoms with Crippen LogP contribution in [-0.2, 0) is 0 Å². The maximum atomic E-state index is 5.43. The molecule has 1 aromatic heterocycles. The Labute approximate surface area is 113 Å². The molecule has 0 saturated heterocycles. The molecule has 0 spiro atoms. The van der Waals surface area contributed by atoms with Crippen LogP contribution in [0, 0.1) is 6.92 Å². The maximum Gasteiger partial charge on any atom is 0.218 e. The van der Waals surface area contributed by atoms with Crippen LogP contribution < -0.4 is 10.1 Å². The average Bonchev–Trinajstić information content (AvgIpc) is 2.28. The third-order valence-electron chi connectivity index (χ3n) is 3.40. The first-order chi connectivity index (χ1) is 8.67. The summed E-state index contributed by atoms with van der Waals surface area (Å²) in [6, 6.07) is 1.88. The van der Waals surface area contributed by atoms with Gasteiger partial charge in [-0.2, -0.15) is 16.7 Å². The van der Waals surface area contributed by atoms with Gasteiger partial charge < -0.3 is 10.1 Å². The SMILES string of the molecule is CCOc1cc(NCC2(SC)CCC2)nc(C)n1. The number of hydrogen-bond acceptors (Lipinski definition) is 5. The molecule has 1 aromatic rings. The van der Waals surface area contributed by atoms with Gasteiger partial charge in [0.25, 0.3) is 0 Å². The number of aromatic nitrogens is 2. The van der Waals surface area contributed by atoms with Crippen LogP contribution in [0.25, 0.3) is 0 Å². The predicted molar refractivity (Wildman–Crippen MR) is 76.5 cm³/mol. The van der Waals surface area contributed by atoms with Crippen LogP contribution in [-0.4, -0.2) is 34.1 Å². The molecule has 0 aliphatic heterocycles. The van der Waals surface area contributed by atoms with E-state index in [1.807, 2.05) is 31.7 Å². The molecule has 5 heteroatoms. The van der Waals surface area contributed by atoms with Gasteiger partial charge in [0.05, 0.1) is 6.61 Å². The van der Waals surface area contributed by atoms with Crippen LogP contribution in [0.3, 0.4) is 0 Å². The van der Waals surface area contributed by atoms with Gasteiger partial charge in [0.15, 0.2) is 0 Å². The zero-order valence-corrected chi connectivity index (χ0v) is 12.1. The van der Waals surface area contributed by atoms with E-state index < -0.39 is 0 Å². The molecule has 0 atom stereocenters. The Morgan fingerprint density at radius 1 is 1.44 bits per heavy atom. The molecule has 1 fully saturated rings. The van der Waals surface area contributed by atoms with Crippen molar-refractivity contribution in [1.82, 2.24) is 9.97 Å². The van der Waals surface area contributed by atoms with Gasteiger partial charge in [-0.25, -0.2) is 4.98 Å². The first kappa shape index (κ1) is 13.5. The highest BCUT2D eigenvalue weighted by Gasteiger charge is 2.35. The van der Waals surface area contributed by atoms with E-state index in [0.29, 0.717) is 17.2 Å². The summed E-state index contributed by atoms with van der Waals surface area (Å²) in [6.07, 6.45) is 6.13. The Morgan fingerprint density at radius 2 is 2.22 bits per heavy atom. The van der Waals surface area contributed by atoms with E-state index in [2.05, 4.69) is 21.5 Å². The molecule has 1 saturated carbocycles. The van der Waals surface area contributed by atoms with Gasteiger partial charge in [0.2, 0.25) is 5.88 Å². The molecular weight excluding hydrogens is 246 g/mol. The van der Waals surface area contributed by atoms with E-state index in [1.165, 1.54) is 19.3 Å². The van der Waals surface area contributed by atoms with Crippen molar-refractivity contribution >= 4 is 17.6 Å². The Balaban J connectivity index is 2.00. The van der Waals surface area contributed by atoms with Crippen LogP contribution in [0.1, 0.15) is 32.0 Å². The molecule has 18 heavy (non-hydrogen) atoms. The fourth-order valence-corrected chi connectivity index (χ4v) is 3.04. The summed E-state index contributed by atoms with van der Waals surface area (Å²) in [6.45, 7) is 5.45. The topological polar surface area (TPSA) is 47.0 Å². The van der Waals surface area contributed by atoms with Crippen molar-refractivity contribution in [3.63, 3.8) is 0 Å². The van der Waals surface area contributed by atoms with Crippen molar-refractivity contribution in [2.75, 3.05) is 24.7 Å². The second-order valence-electron chi connectivity index (χ2n) is 4.67. The Kier molecular flexibility index (Phi) is 4.32. The average molecular weight is 267 g/mol. The number of anilines is 1. The number of nitrogens with zero attached hydrogens (tertiary/aromatic N) is 2. The van der Waals surface area contributed by atoms with Gasteiger partial charge in [-0.1, -0.05) is 6.42 Å². The molecule has 1 N–H and O–H groups in total.